The van der Waals surface area contributed by atoms with E-state index in [1.165, 1.54) is 18.4 Å². The van der Waals surface area contributed by atoms with Gasteiger partial charge < -0.3 is 4.74 Å². The molecule has 0 spiro atoms. The van der Waals surface area contributed by atoms with Crippen LogP contribution < -0.4 is 4.74 Å². The van der Waals surface area contributed by atoms with Gasteiger partial charge in [0.15, 0.2) is 11.6 Å². The number of rotatable bonds is 4. The Kier molecular flexibility index (Phi) is 4.43. The number of nitrogens with one attached hydrogen (secondary N) is 1. The molecule has 1 N–H and O–H groups in total. The molecule has 3 rings (SSSR count). The quantitative estimate of drug-likeness (QED) is 0.942. The maximum atomic E-state index is 14.4. The van der Waals surface area contributed by atoms with Gasteiger partial charge in [-0.05, 0) is 56.0 Å². The lowest BCUT2D eigenvalue weighted by atomic mass is 9.89. The number of likely N-dealkylation sites (tertiary alicyclic amines) is 1. The summed E-state index contributed by atoms with van der Waals surface area (Å²) in [6.07, 6.45) is 3.79. The van der Waals surface area contributed by atoms with Gasteiger partial charge in [-0.2, -0.15) is 5.10 Å². The van der Waals surface area contributed by atoms with Gasteiger partial charge in [0.1, 0.15) is 0 Å². The van der Waals surface area contributed by atoms with Gasteiger partial charge in [0.2, 0.25) is 0 Å². The molecule has 1 aromatic carbocycles. The van der Waals surface area contributed by atoms with Crippen LogP contribution in [-0.2, 0) is 6.54 Å². The Labute approximate surface area is 130 Å². The molecule has 118 valence electrons. The minimum Gasteiger partial charge on any atom is -0.494 e. The highest BCUT2D eigenvalue weighted by atomic mass is 19.1. The molecule has 2 aromatic rings. The van der Waals surface area contributed by atoms with E-state index in [0.717, 1.165) is 38.0 Å². The molecule has 5 heteroatoms. The average molecular weight is 303 g/mol. The van der Waals surface area contributed by atoms with Gasteiger partial charge in [0.05, 0.1) is 19.0 Å². The van der Waals surface area contributed by atoms with Crippen molar-refractivity contribution in [3.05, 3.63) is 47.0 Å². The second kappa shape index (κ2) is 6.48. The number of H-pyrrole nitrogens is 1. The van der Waals surface area contributed by atoms with Crippen molar-refractivity contribution in [2.75, 3.05) is 20.2 Å². The summed E-state index contributed by atoms with van der Waals surface area (Å²) >= 11 is 0. The van der Waals surface area contributed by atoms with E-state index in [2.05, 4.69) is 22.0 Å². The van der Waals surface area contributed by atoms with E-state index in [1.807, 2.05) is 18.3 Å². The highest BCUT2D eigenvalue weighted by Crippen LogP contribution is 2.33. The van der Waals surface area contributed by atoms with E-state index in [0.29, 0.717) is 5.75 Å². The Hall–Kier alpha value is -1.88. The largest absolute Gasteiger partial charge is 0.494 e. The summed E-state index contributed by atoms with van der Waals surface area (Å²) in [7, 11) is 1.51. The van der Waals surface area contributed by atoms with Crippen molar-refractivity contribution in [1.82, 2.24) is 15.1 Å². The number of hydrogen-bond donors (Lipinski definition) is 1. The van der Waals surface area contributed by atoms with Crippen LogP contribution in [0.3, 0.4) is 0 Å². The highest BCUT2D eigenvalue weighted by molar-refractivity contribution is 5.33. The number of aromatic amines is 1. The van der Waals surface area contributed by atoms with Crippen LogP contribution in [0.4, 0.5) is 4.39 Å². The molecule has 0 saturated carbocycles. The number of methoxy groups -OCH3 is 1. The lowest BCUT2D eigenvalue weighted by Crippen LogP contribution is -2.33. The molecule has 1 aliphatic rings. The zero-order valence-corrected chi connectivity index (χ0v) is 13.1. The number of benzene rings is 1. The van der Waals surface area contributed by atoms with E-state index in [9.17, 15) is 4.39 Å². The molecule has 0 amide bonds. The number of halogens is 1. The first-order valence-corrected chi connectivity index (χ1v) is 7.72. The third-order valence-corrected chi connectivity index (χ3v) is 4.56. The van der Waals surface area contributed by atoms with Crippen molar-refractivity contribution in [2.24, 2.45) is 0 Å². The number of aryl methyl sites for hydroxylation is 1. The molecule has 0 aliphatic carbocycles. The van der Waals surface area contributed by atoms with Gasteiger partial charge in [-0.1, -0.05) is 12.1 Å². The zero-order valence-electron chi connectivity index (χ0n) is 13.1. The van der Waals surface area contributed by atoms with Crippen LogP contribution >= 0.6 is 0 Å². The SMILES string of the molecule is COc1cccc(C2CCN(Cc3[nH]ncc3C)CC2)c1F. The summed E-state index contributed by atoms with van der Waals surface area (Å²) in [5.74, 6) is 0.412. The normalized spacial score (nSPS) is 16.9. The Morgan fingerprint density at radius 3 is 2.77 bits per heavy atom. The van der Waals surface area contributed by atoms with Gasteiger partial charge in [0.25, 0.3) is 0 Å². The first-order chi connectivity index (χ1) is 10.7. The van der Waals surface area contributed by atoms with Crippen LogP contribution in [0.2, 0.25) is 0 Å². The van der Waals surface area contributed by atoms with E-state index in [-0.39, 0.29) is 11.7 Å². The predicted molar refractivity (Wildman–Crippen MR) is 83.5 cm³/mol. The third-order valence-electron chi connectivity index (χ3n) is 4.56. The molecule has 2 heterocycles. The van der Waals surface area contributed by atoms with Crippen molar-refractivity contribution in [3.63, 3.8) is 0 Å². The molecule has 0 atom stereocenters. The lowest BCUT2D eigenvalue weighted by Gasteiger charge is -2.32. The Bertz CT molecular complexity index is 633. The molecule has 1 aliphatic heterocycles. The minimum absolute atomic E-state index is 0.201. The van der Waals surface area contributed by atoms with Crippen LogP contribution in [-0.4, -0.2) is 35.3 Å². The van der Waals surface area contributed by atoms with Crippen LogP contribution in [0.1, 0.15) is 35.6 Å². The maximum absolute atomic E-state index is 14.4. The van der Waals surface area contributed by atoms with E-state index < -0.39 is 0 Å². The van der Waals surface area contributed by atoms with Crippen molar-refractivity contribution in [2.45, 2.75) is 32.2 Å². The molecule has 1 fully saturated rings. The molecule has 1 saturated heterocycles. The van der Waals surface area contributed by atoms with Crippen LogP contribution in [0, 0.1) is 12.7 Å². The van der Waals surface area contributed by atoms with Gasteiger partial charge in [-0.15, -0.1) is 0 Å². The summed E-state index contributed by atoms with van der Waals surface area (Å²) in [5, 5.41) is 7.12. The van der Waals surface area contributed by atoms with Crippen molar-refractivity contribution in [3.8, 4) is 5.75 Å². The number of hydrogen-bond acceptors (Lipinski definition) is 3. The summed E-state index contributed by atoms with van der Waals surface area (Å²) in [6.45, 7) is 4.90. The highest BCUT2D eigenvalue weighted by Gasteiger charge is 2.24. The second-order valence-corrected chi connectivity index (χ2v) is 5.95. The molecule has 22 heavy (non-hydrogen) atoms. The van der Waals surface area contributed by atoms with E-state index in [1.54, 1.807) is 6.07 Å². The molecule has 0 unspecified atom stereocenters. The van der Waals surface area contributed by atoms with Crippen LogP contribution in [0.15, 0.2) is 24.4 Å². The fourth-order valence-electron chi connectivity index (χ4n) is 3.16. The molecular formula is C17H22FN3O. The minimum atomic E-state index is -0.201. The molecule has 4 nitrogen and oxygen atoms in total. The second-order valence-electron chi connectivity index (χ2n) is 5.95. The number of nitrogens with zero attached hydrogens (tertiary/aromatic N) is 2. The average Bonchev–Trinajstić information content (AvgIpc) is 2.94. The third kappa shape index (κ3) is 2.99. The van der Waals surface area contributed by atoms with Crippen LogP contribution in [0.25, 0.3) is 0 Å². The van der Waals surface area contributed by atoms with Crippen LogP contribution in [0.5, 0.6) is 5.75 Å². The first kappa shape index (κ1) is 15.0. The Morgan fingerprint density at radius 2 is 2.14 bits per heavy atom. The first-order valence-electron chi connectivity index (χ1n) is 7.72. The Balaban J connectivity index is 1.63. The number of piperidine rings is 1. The van der Waals surface area contributed by atoms with Gasteiger partial charge in [-0.3, -0.25) is 10.00 Å². The monoisotopic (exact) mass is 303 g/mol. The molecular weight excluding hydrogens is 281 g/mol. The van der Waals surface area contributed by atoms with Crippen molar-refractivity contribution in [1.29, 1.82) is 0 Å². The molecule has 1 aromatic heterocycles. The summed E-state index contributed by atoms with van der Waals surface area (Å²) < 4.78 is 19.4. The van der Waals surface area contributed by atoms with E-state index in [4.69, 9.17) is 4.74 Å². The zero-order chi connectivity index (χ0) is 15.5. The number of aromatic nitrogens is 2. The lowest BCUT2D eigenvalue weighted by molar-refractivity contribution is 0.200. The van der Waals surface area contributed by atoms with Crippen molar-refractivity contribution >= 4 is 0 Å². The summed E-state index contributed by atoms with van der Waals surface area (Å²) in [5.41, 5.74) is 3.16. The fraction of sp³-hybridized carbons (Fsp3) is 0.471. The van der Waals surface area contributed by atoms with Gasteiger partial charge in [-0.25, -0.2) is 4.39 Å². The van der Waals surface area contributed by atoms with Crippen molar-refractivity contribution < 1.29 is 9.13 Å². The topological polar surface area (TPSA) is 41.1 Å². The molecule has 0 radical (unpaired) electrons. The maximum Gasteiger partial charge on any atom is 0.168 e. The van der Waals surface area contributed by atoms with Gasteiger partial charge >= 0.3 is 0 Å². The standard InChI is InChI=1S/C17H22FN3O/c1-12-10-19-20-15(12)11-21-8-6-13(7-9-21)14-4-3-5-16(22-2)17(14)18/h3-5,10,13H,6-9,11H2,1-2H3,(H,19,20). The smallest absolute Gasteiger partial charge is 0.168 e. The predicted octanol–water partition coefficient (Wildman–Crippen LogP) is 3.25. The summed E-state index contributed by atoms with van der Waals surface area (Å²) in [6, 6.07) is 5.43. The number of ether oxygens (including phenoxy) is 1. The summed E-state index contributed by atoms with van der Waals surface area (Å²) in [4.78, 5) is 2.40. The molecule has 0 bridgehead atoms. The van der Waals surface area contributed by atoms with E-state index >= 15 is 0 Å². The van der Waals surface area contributed by atoms with Gasteiger partial charge in [0, 0.05) is 6.54 Å². The Morgan fingerprint density at radius 1 is 1.36 bits per heavy atom. The fourth-order valence-corrected chi connectivity index (χ4v) is 3.16.